The molecule has 0 saturated carbocycles. The molecule has 0 atom stereocenters. The Labute approximate surface area is 116 Å². The molecule has 0 radical (unpaired) electrons. The number of rotatable bonds is 5. The van der Waals surface area contributed by atoms with Gasteiger partial charge in [-0.3, -0.25) is 0 Å². The Morgan fingerprint density at radius 2 is 2.00 bits per heavy atom. The molecular formula is C13H16N4OS. The maximum Gasteiger partial charge on any atom is 0.144 e. The molecule has 0 unspecified atom stereocenters. The third-order valence-corrected chi connectivity index (χ3v) is 3.42. The highest BCUT2D eigenvalue weighted by Gasteiger charge is 2.05. The van der Waals surface area contributed by atoms with Crippen LogP contribution in [-0.2, 0) is 6.42 Å². The molecule has 0 fully saturated rings. The average Bonchev–Trinajstić information content (AvgIpc) is 2.47. The van der Waals surface area contributed by atoms with Crippen molar-refractivity contribution < 1.29 is 4.74 Å². The number of anilines is 1. The van der Waals surface area contributed by atoms with E-state index in [0.717, 1.165) is 27.9 Å². The Hall–Kier alpha value is -1.79. The van der Waals surface area contributed by atoms with E-state index in [-0.39, 0.29) is 0 Å². The van der Waals surface area contributed by atoms with Crippen LogP contribution in [-0.4, -0.2) is 17.1 Å². The van der Waals surface area contributed by atoms with Gasteiger partial charge in [0.15, 0.2) is 0 Å². The van der Waals surface area contributed by atoms with Gasteiger partial charge in [-0.05, 0) is 24.3 Å². The maximum absolute atomic E-state index is 5.41. The van der Waals surface area contributed by atoms with E-state index in [0.29, 0.717) is 5.82 Å². The van der Waals surface area contributed by atoms with Crippen molar-refractivity contribution in [3.05, 3.63) is 36.2 Å². The minimum Gasteiger partial charge on any atom is -0.497 e. The first-order chi connectivity index (χ1) is 9.25. The number of nitrogens with one attached hydrogen (secondary N) is 1. The van der Waals surface area contributed by atoms with E-state index in [1.54, 1.807) is 18.9 Å². The molecule has 0 aliphatic heterocycles. The zero-order chi connectivity index (χ0) is 13.7. The van der Waals surface area contributed by atoms with Crippen LogP contribution in [0.25, 0.3) is 0 Å². The van der Waals surface area contributed by atoms with Gasteiger partial charge in [0.2, 0.25) is 0 Å². The van der Waals surface area contributed by atoms with Crippen molar-refractivity contribution >= 4 is 17.6 Å². The van der Waals surface area contributed by atoms with Crippen molar-refractivity contribution in [2.45, 2.75) is 23.3 Å². The number of nitrogens with zero attached hydrogens (tertiary/aromatic N) is 2. The van der Waals surface area contributed by atoms with E-state index in [1.807, 2.05) is 37.3 Å². The Morgan fingerprint density at radius 3 is 2.58 bits per heavy atom. The number of ether oxygens (including phenoxy) is 1. The van der Waals surface area contributed by atoms with Crippen molar-refractivity contribution in [1.82, 2.24) is 9.97 Å². The smallest absolute Gasteiger partial charge is 0.144 e. The molecular weight excluding hydrogens is 260 g/mol. The molecule has 0 spiro atoms. The summed E-state index contributed by atoms with van der Waals surface area (Å²) < 4.78 is 5.13. The lowest BCUT2D eigenvalue weighted by Gasteiger charge is -2.06. The first-order valence-electron chi connectivity index (χ1n) is 5.91. The molecule has 0 amide bonds. The second-order valence-electron chi connectivity index (χ2n) is 3.78. The molecule has 6 heteroatoms. The van der Waals surface area contributed by atoms with Gasteiger partial charge >= 0.3 is 0 Å². The van der Waals surface area contributed by atoms with Crippen LogP contribution in [0.4, 0.5) is 5.82 Å². The summed E-state index contributed by atoms with van der Waals surface area (Å²) in [4.78, 5) is 9.81. The summed E-state index contributed by atoms with van der Waals surface area (Å²) in [6.45, 7) is 2.01. The van der Waals surface area contributed by atoms with Gasteiger partial charge < -0.3 is 10.2 Å². The van der Waals surface area contributed by atoms with Crippen LogP contribution in [0.2, 0.25) is 0 Å². The topological polar surface area (TPSA) is 73.1 Å². The highest BCUT2D eigenvalue weighted by Crippen LogP contribution is 2.28. The third kappa shape index (κ3) is 3.59. The number of hydrogen-bond acceptors (Lipinski definition) is 6. The lowest BCUT2D eigenvalue weighted by atomic mass is 10.3. The van der Waals surface area contributed by atoms with E-state index < -0.39 is 0 Å². The van der Waals surface area contributed by atoms with Crippen LogP contribution in [0.1, 0.15) is 12.7 Å². The number of nitrogen functional groups attached to an aromatic ring is 1. The predicted molar refractivity (Wildman–Crippen MR) is 76.3 cm³/mol. The van der Waals surface area contributed by atoms with Gasteiger partial charge in [0.25, 0.3) is 0 Å². The molecule has 0 aliphatic rings. The second kappa shape index (κ2) is 6.40. The first-order valence-corrected chi connectivity index (χ1v) is 6.73. The van der Waals surface area contributed by atoms with Gasteiger partial charge in [-0.25, -0.2) is 15.8 Å². The number of nitrogens with two attached hydrogens (primary N) is 1. The van der Waals surface area contributed by atoms with Crippen LogP contribution in [0.3, 0.4) is 0 Å². The highest BCUT2D eigenvalue weighted by atomic mass is 32.2. The summed E-state index contributed by atoms with van der Waals surface area (Å²) in [6.07, 6.45) is 0.770. The van der Waals surface area contributed by atoms with Gasteiger partial charge in [-0.1, -0.05) is 18.7 Å². The van der Waals surface area contributed by atoms with E-state index in [4.69, 9.17) is 10.6 Å². The summed E-state index contributed by atoms with van der Waals surface area (Å²) >= 11 is 1.56. The van der Waals surface area contributed by atoms with E-state index >= 15 is 0 Å². The fraction of sp³-hybridized carbons (Fsp3) is 0.231. The van der Waals surface area contributed by atoms with Gasteiger partial charge in [-0.15, -0.1) is 0 Å². The molecule has 0 saturated heterocycles. The quantitative estimate of drug-likeness (QED) is 0.496. The Bertz CT molecular complexity index is 523. The minimum absolute atomic E-state index is 0.628. The van der Waals surface area contributed by atoms with E-state index in [2.05, 4.69) is 15.4 Å². The van der Waals surface area contributed by atoms with Gasteiger partial charge in [0, 0.05) is 17.4 Å². The van der Waals surface area contributed by atoms with Gasteiger partial charge in [0.05, 0.1) is 7.11 Å². The third-order valence-electron chi connectivity index (χ3n) is 2.49. The first kappa shape index (κ1) is 13.6. The SMILES string of the molecule is CCc1nc(NN)cc(Sc2ccc(OC)cc2)n1. The molecule has 5 nitrogen and oxygen atoms in total. The Balaban J connectivity index is 2.21. The molecule has 3 N–H and O–H groups in total. The largest absolute Gasteiger partial charge is 0.497 e. The van der Waals surface area contributed by atoms with Crippen molar-refractivity contribution in [3.8, 4) is 5.75 Å². The monoisotopic (exact) mass is 276 g/mol. The number of aryl methyl sites for hydroxylation is 1. The number of hydrogen-bond donors (Lipinski definition) is 2. The van der Waals surface area contributed by atoms with Crippen molar-refractivity contribution in [2.75, 3.05) is 12.5 Å². The van der Waals surface area contributed by atoms with E-state index in [1.165, 1.54) is 0 Å². The fourth-order valence-corrected chi connectivity index (χ4v) is 2.36. The van der Waals surface area contributed by atoms with Gasteiger partial charge in [0.1, 0.15) is 22.4 Å². The summed E-state index contributed by atoms with van der Waals surface area (Å²) in [5.41, 5.74) is 2.56. The molecule has 1 aromatic carbocycles. The molecule has 0 bridgehead atoms. The maximum atomic E-state index is 5.41. The zero-order valence-corrected chi connectivity index (χ0v) is 11.7. The van der Waals surface area contributed by atoms with E-state index in [9.17, 15) is 0 Å². The van der Waals surface area contributed by atoms with Crippen molar-refractivity contribution in [2.24, 2.45) is 5.84 Å². The van der Waals surface area contributed by atoms with Crippen LogP contribution >= 0.6 is 11.8 Å². The van der Waals surface area contributed by atoms with Crippen LogP contribution < -0.4 is 16.0 Å². The zero-order valence-electron chi connectivity index (χ0n) is 10.9. The molecule has 19 heavy (non-hydrogen) atoms. The number of hydrazine groups is 1. The second-order valence-corrected chi connectivity index (χ2v) is 4.88. The predicted octanol–water partition coefficient (Wildman–Crippen LogP) is 2.48. The molecule has 1 heterocycles. The lowest BCUT2D eigenvalue weighted by Crippen LogP contribution is -2.10. The minimum atomic E-state index is 0.628. The van der Waals surface area contributed by atoms with Gasteiger partial charge in [-0.2, -0.15) is 0 Å². The highest BCUT2D eigenvalue weighted by molar-refractivity contribution is 7.99. The van der Waals surface area contributed by atoms with Crippen LogP contribution in [0.5, 0.6) is 5.75 Å². The fourth-order valence-electron chi connectivity index (χ4n) is 1.52. The van der Waals surface area contributed by atoms with Crippen LogP contribution in [0, 0.1) is 0 Å². The molecule has 0 aliphatic carbocycles. The molecule has 1 aromatic heterocycles. The van der Waals surface area contributed by atoms with Crippen molar-refractivity contribution in [1.29, 1.82) is 0 Å². The normalized spacial score (nSPS) is 10.3. The standard InChI is InChI=1S/C13H16N4OS/c1-3-11-15-12(17-14)8-13(16-11)19-10-6-4-9(18-2)5-7-10/h4-8H,3,14H2,1-2H3,(H,15,16,17). The summed E-state index contributed by atoms with van der Waals surface area (Å²) in [6, 6.07) is 9.66. The molecule has 100 valence electrons. The summed E-state index contributed by atoms with van der Waals surface area (Å²) in [5.74, 6) is 7.64. The number of methoxy groups -OCH3 is 1. The van der Waals surface area contributed by atoms with Crippen LogP contribution in [0.15, 0.2) is 40.3 Å². The molecule has 2 rings (SSSR count). The Kier molecular flexibility index (Phi) is 4.59. The lowest BCUT2D eigenvalue weighted by molar-refractivity contribution is 0.414. The number of aromatic nitrogens is 2. The summed E-state index contributed by atoms with van der Waals surface area (Å²) in [7, 11) is 1.65. The average molecular weight is 276 g/mol. The molecule has 2 aromatic rings. The summed E-state index contributed by atoms with van der Waals surface area (Å²) in [5, 5.41) is 0.866. The number of benzene rings is 1. The van der Waals surface area contributed by atoms with Crippen molar-refractivity contribution in [3.63, 3.8) is 0 Å². The Morgan fingerprint density at radius 1 is 1.26 bits per heavy atom.